The Hall–Kier alpha value is -3.68. The third-order valence-electron chi connectivity index (χ3n) is 6.30. The molecule has 13 heteroatoms. The van der Waals surface area contributed by atoms with Gasteiger partial charge in [-0.2, -0.15) is 13.2 Å². The topological polar surface area (TPSA) is 107 Å². The predicted octanol–water partition coefficient (Wildman–Crippen LogP) is 5.96. The van der Waals surface area contributed by atoms with Gasteiger partial charge in [-0.05, 0) is 60.4 Å². The van der Waals surface area contributed by atoms with Gasteiger partial charge >= 0.3 is 11.9 Å². The van der Waals surface area contributed by atoms with Gasteiger partial charge in [0.1, 0.15) is 30.2 Å². The largest absolute Gasteiger partial charge is 0.422 e. The highest BCUT2D eigenvalue weighted by atomic mass is 32.1. The van der Waals surface area contributed by atoms with Crippen molar-refractivity contribution in [1.29, 1.82) is 0 Å². The minimum Gasteiger partial charge on any atom is -0.376 e. The summed E-state index contributed by atoms with van der Waals surface area (Å²) in [6.07, 6.45) is -1.98. The van der Waals surface area contributed by atoms with Crippen molar-refractivity contribution >= 4 is 55.8 Å². The molecule has 4 aromatic rings. The fourth-order valence-corrected chi connectivity index (χ4v) is 5.68. The van der Waals surface area contributed by atoms with Crippen LogP contribution in [0.25, 0.3) is 10.1 Å². The van der Waals surface area contributed by atoms with Crippen LogP contribution in [0.4, 0.5) is 30.2 Å². The predicted molar refractivity (Wildman–Crippen MR) is 147 cm³/mol. The van der Waals surface area contributed by atoms with Crippen molar-refractivity contribution in [2.75, 3.05) is 18.9 Å². The number of hydrogen-bond donors (Lipinski definition) is 2. The Labute approximate surface area is 225 Å². The normalized spacial score (nSPS) is 13.3. The number of anilines is 1. The molecule has 0 fully saturated rings. The van der Waals surface area contributed by atoms with E-state index >= 15 is 0 Å². The number of nitro groups is 1. The number of aryl methyl sites for hydroxylation is 1. The minimum atomic E-state index is -4.57. The van der Waals surface area contributed by atoms with Crippen LogP contribution in [0.15, 0.2) is 54.9 Å². The SMILES string of the molecule is Cc1sc2ccc(NC(N)=S)cc2c1CC[N+](C)(Cc1ncc([N+](=O)[O-])cn1)c1ccccc1C(F)(F)F. The second kappa shape index (κ2) is 10.6. The van der Waals surface area contributed by atoms with Crippen molar-refractivity contribution in [2.24, 2.45) is 5.73 Å². The Balaban J connectivity index is 1.75. The number of halogens is 3. The van der Waals surface area contributed by atoms with E-state index in [0.717, 1.165) is 44.7 Å². The fraction of sp³-hybridized carbons (Fsp3) is 0.240. The molecule has 8 nitrogen and oxygen atoms in total. The number of benzene rings is 2. The molecule has 1 unspecified atom stereocenters. The Morgan fingerprint density at radius 3 is 2.53 bits per heavy atom. The van der Waals surface area contributed by atoms with Gasteiger partial charge in [0.2, 0.25) is 0 Å². The van der Waals surface area contributed by atoms with E-state index in [1.807, 2.05) is 25.1 Å². The number of alkyl halides is 3. The molecule has 198 valence electrons. The lowest BCUT2D eigenvalue weighted by Crippen LogP contribution is -2.47. The van der Waals surface area contributed by atoms with E-state index in [1.54, 1.807) is 24.5 Å². The second-order valence-electron chi connectivity index (χ2n) is 8.99. The number of likely N-dealkylation sites (N-methyl/N-ethyl adjacent to an activating group) is 1. The second-order valence-corrected chi connectivity index (χ2v) is 10.7. The lowest BCUT2D eigenvalue weighted by Gasteiger charge is -2.35. The zero-order valence-electron chi connectivity index (χ0n) is 20.5. The molecule has 0 aliphatic carbocycles. The first kappa shape index (κ1) is 27.4. The number of thiophene rings is 1. The van der Waals surface area contributed by atoms with E-state index in [2.05, 4.69) is 15.3 Å². The fourth-order valence-electron chi connectivity index (χ4n) is 4.47. The number of aromatic nitrogens is 2. The summed E-state index contributed by atoms with van der Waals surface area (Å²) < 4.78 is 43.0. The van der Waals surface area contributed by atoms with E-state index in [0.29, 0.717) is 6.42 Å². The lowest BCUT2D eigenvalue weighted by molar-refractivity contribution is -0.385. The standard InChI is InChI=1S/C25H23F3N6O2S2/c1-15-18(19-11-16(32-24(29)37)7-8-22(19)38-15)9-10-34(2,14-23-30-12-17(13-31-23)33(35)36)21-6-4-3-5-20(21)25(26,27)28/h3-8,11-13H,9-10,14H2,1-2H3,(H2-,29,32,37)/p+1. The number of nitrogens with one attached hydrogen (secondary N) is 1. The Morgan fingerprint density at radius 2 is 1.89 bits per heavy atom. The van der Waals surface area contributed by atoms with Gasteiger partial charge in [-0.3, -0.25) is 14.6 Å². The van der Waals surface area contributed by atoms with Crippen LogP contribution >= 0.6 is 23.6 Å². The summed E-state index contributed by atoms with van der Waals surface area (Å²) in [4.78, 5) is 19.6. The number of quaternary nitrogens is 1. The van der Waals surface area contributed by atoms with Crippen molar-refractivity contribution < 1.29 is 18.1 Å². The molecule has 0 bridgehead atoms. The van der Waals surface area contributed by atoms with Crippen LogP contribution in [0.5, 0.6) is 0 Å². The van der Waals surface area contributed by atoms with Crippen LogP contribution < -0.4 is 15.5 Å². The van der Waals surface area contributed by atoms with Gasteiger partial charge in [0, 0.05) is 21.7 Å². The highest BCUT2D eigenvalue weighted by Crippen LogP contribution is 2.40. The molecule has 0 radical (unpaired) electrons. The van der Waals surface area contributed by atoms with Crippen LogP contribution in [-0.4, -0.2) is 33.6 Å². The molecule has 2 aromatic carbocycles. The Morgan fingerprint density at radius 1 is 1.21 bits per heavy atom. The van der Waals surface area contributed by atoms with Gasteiger partial charge in [0.05, 0.1) is 18.5 Å². The van der Waals surface area contributed by atoms with Crippen LogP contribution in [-0.2, 0) is 19.1 Å². The number of nitrogens with two attached hydrogens (primary N) is 1. The van der Waals surface area contributed by atoms with Gasteiger partial charge in [0.25, 0.3) is 0 Å². The highest BCUT2D eigenvalue weighted by Gasteiger charge is 2.41. The summed E-state index contributed by atoms with van der Waals surface area (Å²) in [7, 11) is 1.69. The Kier molecular flexibility index (Phi) is 7.63. The van der Waals surface area contributed by atoms with E-state index < -0.39 is 16.7 Å². The zero-order chi connectivity index (χ0) is 27.7. The summed E-state index contributed by atoms with van der Waals surface area (Å²) in [5, 5.41) is 15.0. The first-order chi connectivity index (χ1) is 17.9. The number of fused-ring (bicyclic) bond motifs is 1. The first-order valence-corrected chi connectivity index (χ1v) is 12.6. The molecule has 0 saturated heterocycles. The molecule has 2 heterocycles. The molecule has 0 aliphatic heterocycles. The molecular formula is C25H24F3N6O2S2+. The van der Waals surface area contributed by atoms with Gasteiger partial charge in [-0.15, -0.1) is 11.3 Å². The summed E-state index contributed by atoms with van der Waals surface area (Å²) in [6.45, 7) is 2.27. The number of thiocarbonyl (C=S) groups is 1. The number of rotatable bonds is 8. The summed E-state index contributed by atoms with van der Waals surface area (Å²) in [5.41, 5.74) is 6.38. The van der Waals surface area contributed by atoms with Gasteiger partial charge < -0.3 is 11.1 Å². The molecule has 4 rings (SSSR count). The van der Waals surface area contributed by atoms with Crippen molar-refractivity contribution in [3.8, 4) is 0 Å². The van der Waals surface area contributed by atoms with E-state index in [4.69, 9.17) is 18.0 Å². The third kappa shape index (κ3) is 5.90. The van der Waals surface area contributed by atoms with E-state index in [-0.39, 0.29) is 39.9 Å². The minimum absolute atomic E-state index is 0.000451. The molecule has 0 aliphatic rings. The van der Waals surface area contributed by atoms with Crippen LogP contribution in [0.1, 0.15) is 21.8 Å². The van der Waals surface area contributed by atoms with E-state index in [1.165, 1.54) is 12.1 Å². The van der Waals surface area contributed by atoms with Crippen molar-refractivity contribution in [1.82, 2.24) is 14.5 Å². The van der Waals surface area contributed by atoms with Crippen LogP contribution in [0.3, 0.4) is 0 Å². The Bertz CT molecular complexity index is 1510. The number of nitrogens with zero attached hydrogens (tertiary/aromatic N) is 4. The van der Waals surface area contributed by atoms with Crippen molar-refractivity contribution in [2.45, 2.75) is 26.1 Å². The lowest BCUT2D eigenvalue weighted by atomic mass is 10.0. The maximum atomic E-state index is 14.1. The van der Waals surface area contributed by atoms with Crippen molar-refractivity contribution in [3.05, 3.63) is 86.8 Å². The maximum Gasteiger partial charge on any atom is 0.422 e. The molecular weight excluding hydrogens is 537 g/mol. The molecule has 1 atom stereocenters. The van der Waals surface area contributed by atoms with Crippen LogP contribution in [0, 0.1) is 17.0 Å². The van der Waals surface area contributed by atoms with Crippen LogP contribution in [0.2, 0.25) is 0 Å². The molecule has 0 spiro atoms. The summed E-state index contributed by atoms with van der Waals surface area (Å²) >= 11 is 6.55. The molecule has 3 N–H and O–H groups in total. The quantitative estimate of drug-likeness (QED) is 0.118. The van der Waals surface area contributed by atoms with Gasteiger partial charge in [0.15, 0.2) is 10.9 Å². The summed E-state index contributed by atoms with van der Waals surface area (Å²) in [5.74, 6) is 0.199. The van der Waals surface area contributed by atoms with E-state index in [9.17, 15) is 23.3 Å². The number of para-hydroxylation sites is 1. The van der Waals surface area contributed by atoms with Gasteiger partial charge in [-0.25, -0.2) is 9.97 Å². The number of hydrogen-bond acceptors (Lipinski definition) is 6. The summed E-state index contributed by atoms with van der Waals surface area (Å²) in [6, 6.07) is 11.2. The van der Waals surface area contributed by atoms with Crippen molar-refractivity contribution in [3.63, 3.8) is 0 Å². The average Bonchev–Trinajstić information content (AvgIpc) is 3.16. The molecule has 0 saturated carbocycles. The molecule has 2 aromatic heterocycles. The average molecular weight is 562 g/mol. The third-order valence-corrected chi connectivity index (χ3v) is 7.53. The first-order valence-electron chi connectivity index (χ1n) is 11.4. The monoisotopic (exact) mass is 561 g/mol. The molecule has 0 amide bonds. The smallest absolute Gasteiger partial charge is 0.376 e. The van der Waals surface area contributed by atoms with Gasteiger partial charge in [-0.1, -0.05) is 12.1 Å². The molecule has 38 heavy (non-hydrogen) atoms. The zero-order valence-corrected chi connectivity index (χ0v) is 22.1. The highest BCUT2D eigenvalue weighted by molar-refractivity contribution is 7.80. The maximum absolute atomic E-state index is 14.1.